The third-order valence-corrected chi connectivity index (χ3v) is 10.1. The average Bonchev–Trinajstić information content (AvgIpc) is 2.93. The predicted octanol–water partition coefficient (Wildman–Crippen LogP) is 11.2. The predicted molar refractivity (Wildman–Crippen MR) is 178 cm³/mol. The zero-order chi connectivity index (χ0) is 29.5. The van der Waals surface area contributed by atoms with Crippen LogP contribution >= 0.6 is 0 Å². The highest BCUT2D eigenvalue weighted by Gasteiger charge is 2.52. The van der Waals surface area contributed by atoms with E-state index in [4.69, 9.17) is 5.73 Å². The Morgan fingerprint density at radius 1 is 0.650 bits per heavy atom. The van der Waals surface area contributed by atoms with Crippen molar-refractivity contribution in [1.82, 2.24) is 4.90 Å². The molecule has 0 aliphatic heterocycles. The van der Waals surface area contributed by atoms with Gasteiger partial charge < -0.3 is 5.73 Å². The smallest absolute Gasteiger partial charge is 0.238 e. The van der Waals surface area contributed by atoms with Gasteiger partial charge in [-0.15, -0.1) is 0 Å². The van der Waals surface area contributed by atoms with Gasteiger partial charge in [-0.2, -0.15) is 0 Å². The van der Waals surface area contributed by atoms with Crippen LogP contribution in [-0.2, 0) is 4.79 Å². The molecule has 2 N–H and O–H groups in total. The summed E-state index contributed by atoms with van der Waals surface area (Å²) in [6.45, 7) is 13.7. The van der Waals surface area contributed by atoms with E-state index >= 15 is 0 Å². The maximum Gasteiger partial charge on any atom is 0.238 e. The molecule has 0 aromatic heterocycles. The summed E-state index contributed by atoms with van der Waals surface area (Å²) < 4.78 is 0. The van der Waals surface area contributed by atoms with Gasteiger partial charge in [-0.3, -0.25) is 9.69 Å². The molecule has 40 heavy (non-hydrogen) atoms. The lowest BCUT2D eigenvalue weighted by atomic mass is 9.63. The number of hydrogen-bond donors (Lipinski definition) is 1. The third-order valence-electron chi connectivity index (χ3n) is 10.1. The molecule has 0 saturated heterocycles. The molecule has 0 radical (unpaired) electrons. The summed E-state index contributed by atoms with van der Waals surface area (Å²) in [5, 5.41) is 0. The van der Waals surface area contributed by atoms with Crippen LogP contribution < -0.4 is 5.73 Å². The minimum Gasteiger partial charge on any atom is -0.368 e. The second-order valence-electron chi connectivity index (χ2n) is 14.1. The normalized spacial score (nSPS) is 21.5. The van der Waals surface area contributed by atoms with Gasteiger partial charge in [0.05, 0.1) is 0 Å². The standard InChI is InChI=1S/C37H74N2O/c1-6-8-10-12-14-16-18-20-22-24-26-30-39(31-27-25-23-21-19-17-15-13-11-9-7-2)37(36(38)40)32-34(5)28-29-35(37)33(3)4/h33-35H,6-32H2,1-5H3,(H2,38,40). The van der Waals surface area contributed by atoms with Crippen LogP contribution in [0.4, 0.5) is 0 Å². The molecular formula is C37H74N2O. The van der Waals surface area contributed by atoms with E-state index in [9.17, 15) is 4.79 Å². The number of primary amides is 1. The monoisotopic (exact) mass is 563 g/mol. The van der Waals surface area contributed by atoms with Gasteiger partial charge in [0.2, 0.25) is 5.91 Å². The van der Waals surface area contributed by atoms with Gasteiger partial charge in [-0.1, -0.05) is 169 Å². The molecule has 1 amide bonds. The van der Waals surface area contributed by atoms with Crippen molar-refractivity contribution in [2.24, 2.45) is 23.5 Å². The Kier molecular flexibility index (Phi) is 22.4. The minimum absolute atomic E-state index is 0.0381. The van der Waals surface area contributed by atoms with Crippen LogP contribution in [0.3, 0.4) is 0 Å². The van der Waals surface area contributed by atoms with Crippen molar-refractivity contribution in [2.45, 2.75) is 201 Å². The highest BCUT2D eigenvalue weighted by atomic mass is 16.1. The van der Waals surface area contributed by atoms with Gasteiger partial charge in [0.15, 0.2) is 0 Å². The first-order chi connectivity index (χ1) is 19.4. The zero-order valence-corrected chi connectivity index (χ0v) is 28.3. The summed E-state index contributed by atoms with van der Waals surface area (Å²) in [7, 11) is 0. The summed E-state index contributed by atoms with van der Waals surface area (Å²) >= 11 is 0. The second kappa shape index (κ2) is 23.9. The number of unbranched alkanes of at least 4 members (excludes halogenated alkanes) is 20. The molecule has 1 aliphatic rings. The van der Waals surface area contributed by atoms with Crippen LogP contribution in [0.5, 0.6) is 0 Å². The van der Waals surface area contributed by atoms with E-state index < -0.39 is 5.54 Å². The van der Waals surface area contributed by atoms with Crippen molar-refractivity contribution in [1.29, 1.82) is 0 Å². The number of amides is 1. The van der Waals surface area contributed by atoms with Gasteiger partial charge in [-0.25, -0.2) is 0 Å². The highest BCUT2D eigenvalue weighted by molar-refractivity contribution is 5.85. The summed E-state index contributed by atoms with van der Waals surface area (Å²) in [6.07, 6.45) is 33.4. The Morgan fingerprint density at radius 3 is 1.32 bits per heavy atom. The molecule has 1 rings (SSSR count). The Labute approximate surface area is 252 Å². The number of carbonyl (C=O) groups excluding carboxylic acids is 1. The van der Waals surface area contributed by atoms with E-state index in [1.165, 1.54) is 148 Å². The average molecular weight is 563 g/mol. The number of carbonyl (C=O) groups is 1. The minimum atomic E-state index is -0.442. The third kappa shape index (κ3) is 15.1. The van der Waals surface area contributed by atoms with Crippen LogP contribution in [0.25, 0.3) is 0 Å². The van der Waals surface area contributed by atoms with Crippen LogP contribution in [0.2, 0.25) is 0 Å². The topological polar surface area (TPSA) is 46.3 Å². The Balaban J connectivity index is 2.56. The highest BCUT2D eigenvalue weighted by Crippen LogP contribution is 2.45. The fourth-order valence-electron chi connectivity index (χ4n) is 7.62. The number of rotatable bonds is 27. The van der Waals surface area contributed by atoms with Crippen molar-refractivity contribution in [3.05, 3.63) is 0 Å². The number of hydrogen-bond acceptors (Lipinski definition) is 2. The fourth-order valence-corrected chi connectivity index (χ4v) is 7.62. The molecule has 0 aromatic rings. The van der Waals surface area contributed by atoms with E-state index in [0.717, 1.165) is 25.9 Å². The lowest BCUT2D eigenvalue weighted by Crippen LogP contribution is -2.65. The molecule has 3 heteroatoms. The van der Waals surface area contributed by atoms with Gasteiger partial charge in [0, 0.05) is 0 Å². The van der Waals surface area contributed by atoms with Crippen molar-refractivity contribution in [3.8, 4) is 0 Å². The largest absolute Gasteiger partial charge is 0.368 e. The van der Waals surface area contributed by atoms with E-state index in [2.05, 4.69) is 39.5 Å². The van der Waals surface area contributed by atoms with Crippen molar-refractivity contribution in [3.63, 3.8) is 0 Å². The van der Waals surface area contributed by atoms with Crippen LogP contribution in [-0.4, -0.2) is 29.4 Å². The molecule has 3 unspecified atom stereocenters. The van der Waals surface area contributed by atoms with Gasteiger partial charge in [0.1, 0.15) is 5.54 Å². The summed E-state index contributed by atoms with van der Waals surface area (Å²) in [6, 6.07) is 0. The summed E-state index contributed by atoms with van der Waals surface area (Å²) in [5.41, 5.74) is 5.93. The van der Waals surface area contributed by atoms with Gasteiger partial charge >= 0.3 is 0 Å². The Bertz CT molecular complexity index is 565. The van der Waals surface area contributed by atoms with E-state index in [1.54, 1.807) is 0 Å². The number of nitrogens with two attached hydrogens (primary N) is 1. The second-order valence-corrected chi connectivity index (χ2v) is 14.1. The quantitative estimate of drug-likeness (QED) is 0.101. The molecular weight excluding hydrogens is 488 g/mol. The maximum absolute atomic E-state index is 13.4. The van der Waals surface area contributed by atoms with Crippen LogP contribution in [0, 0.1) is 17.8 Å². The molecule has 1 fully saturated rings. The van der Waals surface area contributed by atoms with Crippen LogP contribution in [0.15, 0.2) is 0 Å². The summed E-state index contributed by atoms with van der Waals surface area (Å²) in [5.74, 6) is 1.43. The first-order valence-electron chi connectivity index (χ1n) is 18.4. The molecule has 3 atom stereocenters. The molecule has 238 valence electrons. The molecule has 0 aromatic carbocycles. The van der Waals surface area contributed by atoms with Crippen molar-refractivity contribution < 1.29 is 4.79 Å². The Hall–Kier alpha value is -0.570. The SMILES string of the molecule is CCCCCCCCCCCCCN(CCCCCCCCCCCCC)C1(C(N)=O)CC(C)CCC1C(C)C. The van der Waals surface area contributed by atoms with Crippen molar-refractivity contribution in [2.75, 3.05) is 13.1 Å². The van der Waals surface area contributed by atoms with E-state index in [0.29, 0.717) is 17.8 Å². The molecule has 0 bridgehead atoms. The molecule has 3 nitrogen and oxygen atoms in total. The van der Waals surface area contributed by atoms with Gasteiger partial charge in [-0.05, 0) is 56.5 Å². The fraction of sp³-hybridized carbons (Fsp3) is 0.973. The molecule has 1 aliphatic carbocycles. The summed E-state index contributed by atoms with van der Waals surface area (Å²) in [4.78, 5) is 16.0. The Morgan fingerprint density at radius 2 is 1.00 bits per heavy atom. The van der Waals surface area contributed by atoms with Crippen molar-refractivity contribution >= 4 is 5.91 Å². The van der Waals surface area contributed by atoms with E-state index in [-0.39, 0.29) is 5.91 Å². The molecule has 0 heterocycles. The number of nitrogens with zero attached hydrogens (tertiary/aromatic N) is 1. The molecule has 0 spiro atoms. The first kappa shape index (κ1) is 37.5. The van der Waals surface area contributed by atoms with E-state index in [1.807, 2.05) is 0 Å². The lowest BCUT2D eigenvalue weighted by Gasteiger charge is -2.52. The zero-order valence-electron chi connectivity index (χ0n) is 28.3. The first-order valence-corrected chi connectivity index (χ1v) is 18.4. The van der Waals surface area contributed by atoms with Crippen LogP contribution in [0.1, 0.15) is 195 Å². The molecule has 1 saturated carbocycles. The van der Waals surface area contributed by atoms with Gasteiger partial charge in [0.25, 0.3) is 0 Å². The maximum atomic E-state index is 13.4. The lowest BCUT2D eigenvalue weighted by molar-refractivity contribution is -0.141.